The van der Waals surface area contributed by atoms with Crippen molar-refractivity contribution in [3.05, 3.63) is 157 Å². The molecule has 0 unspecified atom stereocenters. The highest BCUT2D eigenvalue weighted by Crippen LogP contribution is 2.46. The Hall–Kier alpha value is -6.45. The molecular formula is C46H28N2O. The number of rotatable bonds is 2. The monoisotopic (exact) mass is 624 g/mol. The molecule has 0 saturated heterocycles. The van der Waals surface area contributed by atoms with Gasteiger partial charge in [-0.25, -0.2) is 4.98 Å². The quantitative estimate of drug-likeness (QED) is 0.179. The Bertz CT molecular complexity index is 3130. The van der Waals surface area contributed by atoms with Gasteiger partial charge in [-0.2, -0.15) is 0 Å². The van der Waals surface area contributed by atoms with Gasteiger partial charge >= 0.3 is 0 Å². The molecule has 0 aliphatic carbocycles. The number of hydrogen-bond donors (Lipinski definition) is 0. The summed E-state index contributed by atoms with van der Waals surface area (Å²) in [7, 11) is 0. The van der Waals surface area contributed by atoms with Crippen molar-refractivity contribution in [3.63, 3.8) is 0 Å². The van der Waals surface area contributed by atoms with Crippen molar-refractivity contribution >= 4 is 87.0 Å². The normalized spacial score (nSPS) is 12.2. The number of para-hydroxylation sites is 1. The van der Waals surface area contributed by atoms with Crippen LogP contribution in [0.1, 0.15) is 5.56 Å². The molecule has 49 heavy (non-hydrogen) atoms. The summed E-state index contributed by atoms with van der Waals surface area (Å²) in [5, 5.41) is 13.5. The lowest BCUT2D eigenvalue weighted by Crippen LogP contribution is -2.03. The van der Waals surface area contributed by atoms with Crippen molar-refractivity contribution in [2.45, 2.75) is 6.92 Å². The Balaban J connectivity index is 1.41. The number of fused-ring (bicyclic) bond motifs is 14. The van der Waals surface area contributed by atoms with Crippen molar-refractivity contribution in [1.29, 1.82) is 0 Å². The molecule has 0 fully saturated rings. The first-order chi connectivity index (χ1) is 24.2. The van der Waals surface area contributed by atoms with E-state index in [2.05, 4.69) is 151 Å². The molecule has 8 aromatic carbocycles. The van der Waals surface area contributed by atoms with Crippen LogP contribution in [0, 0.1) is 6.92 Å². The second kappa shape index (κ2) is 9.79. The zero-order chi connectivity index (χ0) is 32.2. The minimum absolute atomic E-state index is 0.831. The molecule has 0 bridgehead atoms. The molecule has 0 N–H and O–H groups in total. The minimum Gasteiger partial charge on any atom is -0.454 e. The third-order valence-corrected chi connectivity index (χ3v) is 10.5. The smallest absolute Gasteiger partial charge is 0.157 e. The Morgan fingerprint density at radius 1 is 0.490 bits per heavy atom. The number of furan rings is 1. The molecule has 0 radical (unpaired) electrons. The van der Waals surface area contributed by atoms with Crippen LogP contribution in [0.2, 0.25) is 0 Å². The zero-order valence-corrected chi connectivity index (χ0v) is 26.7. The van der Waals surface area contributed by atoms with Crippen LogP contribution in [-0.4, -0.2) is 9.55 Å². The van der Waals surface area contributed by atoms with Gasteiger partial charge in [0.25, 0.3) is 0 Å². The lowest BCUT2D eigenvalue weighted by molar-refractivity contribution is 0.665. The maximum Gasteiger partial charge on any atom is 0.157 e. The summed E-state index contributed by atoms with van der Waals surface area (Å²) in [4.78, 5) is 5.58. The minimum atomic E-state index is 0.831. The predicted molar refractivity (Wildman–Crippen MR) is 206 cm³/mol. The van der Waals surface area contributed by atoms with Gasteiger partial charge in [0.2, 0.25) is 0 Å². The van der Waals surface area contributed by atoms with Gasteiger partial charge in [-0.3, -0.25) is 4.57 Å². The van der Waals surface area contributed by atoms with Crippen LogP contribution in [0.3, 0.4) is 0 Å². The lowest BCUT2D eigenvalue weighted by atomic mass is 9.91. The summed E-state index contributed by atoms with van der Waals surface area (Å²) < 4.78 is 8.94. The van der Waals surface area contributed by atoms with Gasteiger partial charge in [-0.05, 0) is 80.5 Å². The van der Waals surface area contributed by atoms with E-state index in [9.17, 15) is 0 Å². The fourth-order valence-electron chi connectivity index (χ4n) is 8.37. The van der Waals surface area contributed by atoms with Crippen molar-refractivity contribution in [3.8, 4) is 16.9 Å². The third-order valence-electron chi connectivity index (χ3n) is 10.5. The first kappa shape index (κ1) is 26.6. The van der Waals surface area contributed by atoms with Crippen LogP contribution in [0.25, 0.3) is 104 Å². The molecule has 228 valence electrons. The summed E-state index contributed by atoms with van der Waals surface area (Å²) in [6, 6.07) is 54.6. The molecule has 0 saturated carbocycles. The standard InChI is InChI=1S/C46H28N2O/c1-27-41(28-13-3-2-4-14-28)46(47-44-36-21-11-12-22-40(36)49-45(27)44)48-38-24-23-35-33-19-8-7-17-31(33)32-18-9-10-20-34(32)42(35)43(38)37-25-29-15-5-6-16-30(29)26-39(37)48/h2-26H,1H3. The van der Waals surface area contributed by atoms with E-state index < -0.39 is 0 Å². The van der Waals surface area contributed by atoms with E-state index in [1.807, 2.05) is 12.1 Å². The molecule has 0 atom stereocenters. The molecule has 0 aliphatic rings. The molecule has 11 rings (SSSR count). The van der Waals surface area contributed by atoms with Crippen molar-refractivity contribution in [2.24, 2.45) is 0 Å². The van der Waals surface area contributed by atoms with Gasteiger partial charge in [-0.15, -0.1) is 0 Å². The predicted octanol–water partition coefficient (Wildman–Crippen LogP) is 12.7. The van der Waals surface area contributed by atoms with E-state index in [1.54, 1.807) is 0 Å². The average molecular weight is 625 g/mol. The molecule has 11 aromatic rings. The van der Waals surface area contributed by atoms with Gasteiger partial charge in [0.15, 0.2) is 5.58 Å². The molecule has 3 aromatic heterocycles. The van der Waals surface area contributed by atoms with Crippen LogP contribution >= 0.6 is 0 Å². The summed E-state index contributed by atoms with van der Waals surface area (Å²) in [6.45, 7) is 2.18. The Kier molecular flexibility index (Phi) is 5.31. The van der Waals surface area contributed by atoms with E-state index in [-0.39, 0.29) is 0 Å². The number of nitrogens with zero attached hydrogens (tertiary/aromatic N) is 2. The highest BCUT2D eigenvalue weighted by molar-refractivity contribution is 6.36. The van der Waals surface area contributed by atoms with Gasteiger partial charge in [0, 0.05) is 32.7 Å². The van der Waals surface area contributed by atoms with Gasteiger partial charge < -0.3 is 4.42 Å². The molecule has 0 aliphatic heterocycles. The number of pyridine rings is 1. The van der Waals surface area contributed by atoms with Crippen molar-refractivity contribution in [2.75, 3.05) is 0 Å². The topological polar surface area (TPSA) is 31.0 Å². The SMILES string of the molecule is Cc1c(-c2ccccc2)c(-n2c3cc4ccccc4cc3c3c4c5ccccc5c5ccccc5c4ccc32)nc2c1oc1ccccc12. The molecule has 3 nitrogen and oxygen atoms in total. The highest BCUT2D eigenvalue weighted by atomic mass is 16.3. The second-order valence-corrected chi connectivity index (χ2v) is 13.1. The average Bonchev–Trinajstić information content (AvgIpc) is 3.69. The van der Waals surface area contributed by atoms with Crippen LogP contribution in [0.15, 0.2) is 156 Å². The van der Waals surface area contributed by atoms with Crippen LogP contribution in [-0.2, 0) is 0 Å². The fourth-order valence-corrected chi connectivity index (χ4v) is 8.37. The summed E-state index contributed by atoms with van der Waals surface area (Å²) in [5.74, 6) is 0.905. The third kappa shape index (κ3) is 3.59. The van der Waals surface area contributed by atoms with E-state index in [1.165, 1.54) is 53.9 Å². The number of aryl methyl sites for hydroxylation is 1. The maximum atomic E-state index is 6.53. The van der Waals surface area contributed by atoms with E-state index in [4.69, 9.17) is 9.40 Å². The van der Waals surface area contributed by atoms with Gasteiger partial charge in [0.05, 0.1) is 11.0 Å². The lowest BCUT2D eigenvalue weighted by Gasteiger charge is -2.16. The Morgan fingerprint density at radius 3 is 1.84 bits per heavy atom. The molecule has 3 heteroatoms. The highest BCUT2D eigenvalue weighted by Gasteiger charge is 2.25. The molecule has 0 spiro atoms. The van der Waals surface area contributed by atoms with E-state index in [0.717, 1.165) is 55.6 Å². The molecule has 3 heterocycles. The summed E-state index contributed by atoms with van der Waals surface area (Å²) >= 11 is 0. The van der Waals surface area contributed by atoms with Crippen molar-refractivity contribution in [1.82, 2.24) is 9.55 Å². The first-order valence-corrected chi connectivity index (χ1v) is 16.8. The zero-order valence-electron chi connectivity index (χ0n) is 26.7. The van der Waals surface area contributed by atoms with Crippen molar-refractivity contribution < 1.29 is 4.42 Å². The summed E-state index contributed by atoms with van der Waals surface area (Å²) in [5.41, 5.74) is 8.09. The Labute approximate surface area is 281 Å². The number of benzene rings is 8. The number of aromatic nitrogens is 2. The number of hydrogen-bond acceptors (Lipinski definition) is 2. The van der Waals surface area contributed by atoms with E-state index in [0.29, 0.717) is 0 Å². The van der Waals surface area contributed by atoms with Gasteiger partial charge in [-0.1, -0.05) is 121 Å². The second-order valence-electron chi connectivity index (χ2n) is 13.1. The van der Waals surface area contributed by atoms with Gasteiger partial charge in [0.1, 0.15) is 16.9 Å². The maximum absolute atomic E-state index is 6.53. The van der Waals surface area contributed by atoms with Crippen LogP contribution < -0.4 is 0 Å². The molecular weight excluding hydrogens is 597 g/mol. The van der Waals surface area contributed by atoms with Crippen LogP contribution in [0.4, 0.5) is 0 Å². The fraction of sp³-hybridized carbons (Fsp3) is 0.0217. The first-order valence-electron chi connectivity index (χ1n) is 16.8. The largest absolute Gasteiger partial charge is 0.454 e. The molecule has 0 amide bonds. The summed E-state index contributed by atoms with van der Waals surface area (Å²) in [6.07, 6.45) is 0. The van der Waals surface area contributed by atoms with E-state index >= 15 is 0 Å². The Morgan fingerprint density at radius 2 is 1.08 bits per heavy atom. The van der Waals surface area contributed by atoms with Crippen LogP contribution in [0.5, 0.6) is 0 Å².